The van der Waals surface area contributed by atoms with E-state index in [4.69, 9.17) is 4.52 Å². The molecule has 0 aliphatic carbocycles. The number of nitrogens with zero attached hydrogens (tertiary/aromatic N) is 2. The van der Waals surface area contributed by atoms with Gasteiger partial charge in [-0.2, -0.15) is 4.98 Å². The van der Waals surface area contributed by atoms with Crippen LogP contribution in [0, 0.1) is 0 Å². The van der Waals surface area contributed by atoms with E-state index in [9.17, 15) is 0 Å². The van der Waals surface area contributed by atoms with E-state index in [1.807, 2.05) is 17.5 Å². The van der Waals surface area contributed by atoms with Gasteiger partial charge in [-0.05, 0) is 30.8 Å². The topological polar surface area (TPSA) is 51.0 Å². The summed E-state index contributed by atoms with van der Waals surface area (Å²) in [5, 5.41) is 9.37. The molecule has 1 N–H and O–H groups in total. The zero-order valence-corrected chi connectivity index (χ0v) is 8.96. The fourth-order valence-corrected chi connectivity index (χ4v) is 2.43. The fraction of sp³-hybridized carbons (Fsp3) is 0.400. The third-order valence-electron chi connectivity index (χ3n) is 2.55. The standard InChI is InChI=1S/C10H11N3OS/c1-3-7(11-5-1)9-12-10(14-13-9)8-4-2-6-15-8/h2,4,6-7,11H,1,3,5H2. The van der Waals surface area contributed by atoms with Crippen LogP contribution in [0.2, 0.25) is 0 Å². The zero-order valence-electron chi connectivity index (χ0n) is 8.14. The first-order valence-corrected chi connectivity index (χ1v) is 5.92. The molecule has 5 heteroatoms. The maximum absolute atomic E-state index is 5.23. The second-order valence-electron chi connectivity index (χ2n) is 3.58. The Bertz CT molecular complexity index is 431. The summed E-state index contributed by atoms with van der Waals surface area (Å²) >= 11 is 1.62. The molecule has 1 aliphatic rings. The van der Waals surface area contributed by atoms with E-state index in [0.29, 0.717) is 5.89 Å². The van der Waals surface area contributed by atoms with Gasteiger partial charge in [0, 0.05) is 0 Å². The van der Waals surface area contributed by atoms with Crippen LogP contribution in [0.1, 0.15) is 24.7 Å². The van der Waals surface area contributed by atoms with Gasteiger partial charge in [0.2, 0.25) is 0 Å². The number of rotatable bonds is 2. The van der Waals surface area contributed by atoms with Crippen molar-refractivity contribution in [2.45, 2.75) is 18.9 Å². The van der Waals surface area contributed by atoms with Gasteiger partial charge in [-0.3, -0.25) is 0 Å². The smallest absolute Gasteiger partial charge is 0.268 e. The predicted molar refractivity (Wildman–Crippen MR) is 57.6 cm³/mol. The Morgan fingerprint density at radius 1 is 1.53 bits per heavy atom. The van der Waals surface area contributed by atoms with Crippen molar-refractivity contribution in [1.29, 1.82) is 0 Å². The lowest BCUT2D eigenvalue weighted by molar-refractivity contribution is 0.413. The normalized spacial score (nSPS) is 20.9. The Labute approximate surface area is 91.3 Å². The van der Waals surface area contributed by atoms with Crippen LogP contribution in [0.25, 0.3) is 10.8 Å². The Balaban J connectivity index is 1.87. The molecule has 0 spiro atoms. The van der Waals surface area contributed by atoms with E-state index in [2.05, 4.69) is 15.5 Å². The molecule has 0 saturated carbocycles. The molecule has 2 aromatic rings. The van der Waals surface area contributed by atoms with E-state index in [1.54, 1.807) is 11.3 Å². The molecule has 0 amide bonds. The van der Waals surface area contributed by atoms with Crippen LogP contribution < -0.4 is 5.32 Å². The minimum Gasteiger partial charge on any atom is -0.333 e. The van der Waals surface area contributed by atoms with Crippen LogP contribution >= 0.6 is 11.3 Å². The maximum atomic E-state index is 5.23. The Morgan fingerprint density at radius 2 is 2.53 bits per heavy atom. The lowest BCUT2D eigenvalue weighted by atomic mass is 10.2. The molecule has 1 fully saturated rings. The molecule has 3 heterocycles. The average Bonchev–Trinajstić information content (AvgIpc) is 3.02. The van der Waals surface area contributed by atoms with E-state index >= 15 is 0 Å². The molecule has 4 nitrogen and oxygen atoms in total. The van der Waals surface area contributed by atoms with Crippen LogP contribution in [-0.4, -0.2) is 16.7 Å². The second-order valence-corrected chi connectivity index (χ2v) is 4.53. The molecule has 1 atom stereocenters. The summed E-state index contributed by atoms with van der Waals surface area (Å²) in [5.41, 5.74) is 0. The SMILES string of the molecule is c1csc(-c2nc(C3CCCN3)no2)c1. The van der Waals surface area contributed by atoms with Crippen molar-refractivity contribution in [3.63, 3.8) is 0 Å². The van der Waals surface area contributed by atoms with Gasteiger partial charge in [0.15, 0.2) is 5.82 Å². The van der Waals surface area contributed by atoms with Crippen molar-refractivity contribution in [1.82, 2.24) is 15.5 Å². The van der Waals surface area contributed by atoms with Gasteiger partial charge in [-0.15, -0.1) is 11.3 Å². The van der Waals surface area contributed by atoms with Gasteiger partial charge in [-0.1, -0.05) is 11.2 Å². The minimum absolute atomic E-state index is 0.280. The van der Waals surface area contributed by atoms with Crippen LogP contribution in [0.4, 0.5) is 0 Å². The summed E-state index contributed by atoms with van der Waals surface area (Å²) in [5.74, 6) is 1.42. The predicted octanol–water partition coefficient (Wildman–Crippen LogP) is 2.22. The largest absolute Gasteiger partial charge is 0.333 e. The van der Waals surface area contributed by atoms with Gasteiger partial charge >= 0.3 is 0 Å². The summed E-state index contributed by atoms with van der Waals surface area (Å²) in [6.45, 7) is 1.05. The molecular formula is C10H11N3OS. The van der Waals surface area contributed by atoms with Gasteiger partial charge in [0.05, 0.1) is 10.9 Å². The van der Waals surface area contributed by atoms with Crippen LogP contribution in [-0.2, 0) is 0 Å². The van der Waals surface area contributed by atoms with E-state index in [-0.39, 0.29) is 6.04 Å². The van der Waals surface area contributed by atoms with Gasteiger partial charge < -0.3 is 9.84 Å². The highest BCUT2D eigenvalue weighted by atomic mass is 32.1. The van der Waals surface area contributed by atoms with Gasteiger partial charge in [0.1, 0.15) is 0 Å². The number of nitrogens with one attached hydrogen (secondary N) is 1. The summed E-state index contributed by atoms with van der Waals surface area (Å²) < 4.78 is 5.23. The molecule has 1 aliphatic heterocycles. The number of hydrogen-bond donors (Lipinski definition) is 1. The lowest BCUT2D eigenvalue weighted by Crippen LogP contribution is -2.14. The fourth-order valence-electron chi connectivity index (χ4n) is 1.78. The first-order valence-electron chi connectivity index (χ1n) is 5.04. The number of thiophene rings is 1. The highest BCUT2D eigenvalue weighted by Gasteiger charge is 2.22. The Hall–Kier alpha value is -1.20. The molecule has 15 heavy (non-hydrogen) atoms. The molecule has 78 valence electrons. The monoisotopic (exact) mass is 221 g/mol. The quantitative estimate of drug-likeness (QED) is 0.844. The van der Waals surface area contributed by atoms with Crippen molar-refractivity contribution in [2.24, 2.45) is 0 Å². The molecule has 0 radical (unpaired) electrons. The minimum atomic E-state index is 0.280. The van der Waals surface area contributed by atoms with Crippen LogP contribution in [0.5, 0.6) is 0 Å². The maximum Gasteiger partial charge on any atom is 0.268 e. The first kappa shape index (κ1) is 9.06. The van der Waals surface area contributed by atoms with Crippen LogP contribution in [0.3, 0.4) is 0 Å². The Kier molecular flexibility index (Phi) is 2.26. The average molecular weight is 221 g/mol. The van der Waals surface area contributed by atoms with Crippen molar-refractivity contribution in [3.05, 3.63) is 23.3 Å². The van der Waals surface area contributed by atoms with Crippen molar-refractivity contribution < 1.29 is 4.52 Å². The summed E-state index contributed by atoms with van der Waals surface area (Å²) in [6.07, 6.45) is 2.29. The number of aromatic nitrogens is 2. The summed E-state index contributed by atoms with van der Waals surface area (Å²) in [6, 6.07) is 4.25. The molecule has 1 unspecified atom stereocenters. The highest BCUT2D eigenvalue weighted by Crippen LogP contribution is 2.26. The molecule has 3 rings (SSSR count). The highest BCUT2D eigenvalue weighted by molar-refractivity contribution is 7.13. The van der Waals surface area contributed by atoms with Crippen molar-refractivity contribution >= 4 is 11.3 Å². The molecule has 0 bridgehead atoms. The molecule has 2 aromatic heterocycles. The summed E-state index contributed by atoms with van der Waals surface area (Å²) in [4.78, 5) is 5.44. The number of hydrogen-bond acceptors (Lipinski definition) is 5. The molecular weight excluding hydrogens is 210 g/mol. The van der Waals surface area contributed by atoms with Crippen molar-refractivity contribution in [2.75, 3.05) is 6.54 Å². The lowest BCUT2D eigenvalue weighted by Gasteiger charge is -2.01. The van der Waals surface area contributed by atoms with E-state index in [1.165, 1.54) is 6.42 Å². The second kappa shape index (κ2) is 3.75. The first-order chi connectivity index (χ1) is 7.43. The van der Waals surface area contributed by atoms with E-state index < -0.39 is 0 Å². The third-order valence-corrected chi connectivity index (χ3v) is 3.40. The third kappa shape index (κ3) is 1.68. The summed E-state index contributed by atoms with van der Waals surface area (Å²) in [7, 11) is 0. The van der Waals surface area contributed by atoms with Crippen LogP contribution in [0.15, 0.2) is 22.0 Å². The van der Waals surface area contributed by atoms with Gasteiger partial charge in [0.25, 0.3) is 5.89 Å². The molecule has 0 aromatic carbocycles. The van der Waals surface area contributed by atoms with Gasteiger partial charge in [-0.25, -0.2) is 0 Å². The molecule has 1 saturated heterocycles. The van der Waals surface area contributed by atoms with Crippen molar-refractivity contribution in [3.8, 4) is 10.8 Å². The Morgan fingerprint density at radius 3 is 3.27 bits per heavy atom. The van der Waals surface area contributed by atoms with E-state index in [0.717, 1.165) is 23.7 Å². The zero-order chi connectivity index (χ0) is 10.1.